The summed E-state index contributed by atoms with van der Waals surface area (Å²) in [7, 11) is 0. The Bertz CT molecular complexity index is 4310. The molecule has 13 aromatic rings. The van der Waals surface area contributed by atoms with Gasteiger partial charge in [0.1, 0.15) is 11.2 Å². The van der Waals surface area contributed by atoms with Crippen LogP contribution in [-0.2, 0) is 11.2 Å². The molecule has 1 aliphatic rings. The molecule has 0 heterocycles. The predicted molar refractivity (Wildman–Crippen MR) is 302 cm³/mol. The molecule has 0 bridgehead atoms. The third kappa shape index (κ3) is 7.10. The van der Waals surface area contributed by atoms with E-state index in [0.29, 0.717) is 27.3 Å². The van der Waals surface area contributed by atoms with Crippen LogP contribution in [0.25, 0.3) is 86.9 Å². The monoisotopic (exact) mass is 962 g/mol. The Morgan fingerprint density at radius 2 is 0.597 bits per heavy atom. The Morgan fingerprint density at radius 1 is 0.250 bits per heavy atom. The molecule has 14 rings (SSSR count). The summed E-state index contributed by atoms with van der Waals surface area (Å²) in [5.41, 5.74) is 5.85. The Morgan fingerprint density at radius 3 is 1.10 bits per heavy atom. The molecule has 72 heavy (non-hydrogen) atoms. The zero-order chi connectivity index (χ0) is 48.6. The van der Waals surface area contributed by atoms with Gasteiger partial charge in [0, 0.05) is 15.6 Å². The van der Waals surface area contributed by atoms with Crippen LogP contribution < -0.4 is 0 Å². The average molecular weight is 964 g/mol. The van der Waals surface area contributed by atoms with Crippen molar-refractivity contribution >= 4 is 87.8 Å². The molecule has 0 saturated heterocycles. The molecule has 0 saturated carbocycles. The van der Waals surface area contributed by atoms with Crippen molar-refractivity contribution in [3.63, 3.8) is 0 Å². The first kappa shape index (κ1) is 43.9. The van der Waals surface area contributed by atoms with Gasteiger partial charge in [0.25, 0.3) is 0 Å². The number of hydrogen-bond acceptors (Lipinski definition) is 2. The van der Waals surface area contributed by atoms with Gasteiger partial charge in [0.15, 0.2) is 0 Å². The minimum atomic E-state index is -1.51. The molecule has 2 N–H and O–H groups in total. The summed E-state index contributed by atoms with van der Waals surface area (Å²) in [5.74, 6) is 0. The fraction of sp³-hybridized carbons (Fsp3) is 0.0294. The van der Waals surface area contributed by atoms with Gasteiger partial charge in [-0.1, -0.05) is 229 Å². The normalized spacial score (nSPS) is 16.2. The third-order valence-corrected chi connectivity index (χ3v) is 15.3. The summed E-state index contributed by atoms with van der Waals surface area (Å²) < 4.78 is 0. The quantitative estimate of drug-likeness (QED) is 0.173. The maximum Gasteiger partial charge on any atom is 0.141 e. The zero-order valence-corrected chi connectivity index (χ0v) is 40.4. The van der Waals surface area contributed by atoms with E-state index in [4.69, 9.17) is 23.2 Å². The van der Waals surface area contributed by atoms with Gasteiger partial charge in [-0.15, -0.1) is 0 Å². The summed E-state index contributed by atoms with van der Waals surface area (Å²) in [5, 5.41) is 40.8. The molecule has 1 aliphatic carbocycles. The molecule has 0 aromatic heterocycles. The van der Waals surface area contributed by atoms with Crippen molar-refractivity contribution in [3.05, 3.63) is 298 Å². The van der Waals surface area contributed by atoms with Crippen LogP contribution in [0.5, 0.6) is 0 Å². The van der Waals surface area contributed by atoms with Crippen molar-refractivity contribution in [2.45, 2.75) is 11.2 Å². The molecule has 0 spiro atoms. The van der Waals surface area contributed by atoms with Crippen LogP contribution in [0, 0.1) is 0 Å². The largest absolute Gasteiger partial charge is 0.376 e. The van der Waals surface area contributed by atoms with Crippen molar-refractivity contribution in [1.82, 2.24) is 0 Å². The average Bonchev–Trinajstić information content (AvgIpc) is 3.44. The zero-order valence-electron chi connectivity index (χ0n) is 38.9. The Hall–Kier alpha value is -8.08. The van der Waals surface area contributed by atoms with E-state index in [1.807, 2.05) is 109 Å². The number of hydrogen-bond donors (Lipinski definition) is 2. The summed E-state index contributed by atoms with van der Waals surface area (Å²) in [6.07, 6.45) is 0. The van der Waals surface area contributed by atoms with E-state index >= 15 is 0 Å². The first-order valence-electron chi connectivity index (χ1n) is 24.2. The lowest BCUT2D eigenvalue weighted by Gasteiger charge is -2.45. The van der Waals surface area contributed by atoms with E-state index in [1.165, 1.54) is 65.3 Å². The first-order chi connectivity index (χ1) is 35.3. The van der Waals surface area contributed by atoms with Gasteiger partial charge in [0.2, 0.25) is 0 Å². The highest BCUT2D eigenvalue weighted by molar-refractivity contribution is 6.33. The lowest BCUT2D eigenvalue weighted by atomic mass is 9.63. The molecule has 0 amide bonds. The molecule has 2 atom stereocenters. The molecule has 13 aromatic carbocycles. The maximum atomic E-state index is 12.7. The lowest BCUT2D eigenvalue weighted by Crippen LogP contribution is -2.44. The van der Waals surface area contributed by atoms with Crippen molar-refractivity contribution in [2.75, 3.05) is 0 Å². The van der Waals surface area contributed by atoms with Gasteiger partial charge in [-0.3, -0.25) is 0 Å². The fourth-order valence-electron chi connectivity index (χ4n) is 11.4. The number of fused-ring (bicyclic) bond motifs is 8. The van der Waals surface area contributed by atoms with Gasteiger partial charge in [0.05, 0.1) is 0 Å². The molecular formula is C68H44Cl2O2. The number of halogens is 2. The van der Waals surface area contributed by atoms with E-state index in [2.05, 4.69) is 133 Å². The van der Waals surface area contributed by atoms with Crippen molar-refractivity contribution in [2.24, 2.45) is 0 Å². The minimum absolute atomic E-state index is 0.498. The number of benzene rings is 13. The highest BCUT2D eigenvalue weighted by Gasteiger charge is 2.51. The summed E-state index contributed by atoms with van der Waals surface area (Å²) in [6, 6.07) is 87.0. The number of aliphatic hydroxyl groups is 2. The second-order valence-corrected chi connectivity index (χ2v) is 19.8. The molecule has 2 nitrogen and oxygen atoms in total. The van der Waals surface area contributed by atoms with Crippen molar-refractivity contribution < 1.29 is 10.2 Å². The Balaban J connectivity index is 0.000000140. The Kier molecular flexibility index (Phi) is 10.6. The summed E-state index contributed by atoms with van der Waals surface area (Å²) >= 11 is 13.1. The van der Waals surface area contributed by atoms with Crippen molar-refractivity contribution in [3.8, 4) is 22.3 Å². The van der Waals surface area contributed by atoms with Crippen molar-refractivity contribution in [1.29, 1.82) is 0 Å². The molecular weight excluding hydrogens is 920 g/mol. The second-order valence-electron chi connectivity index (χ2n) is 18.9. The van der Waals surface area contributed by atoms with Gasteiger partial charge in [-0.25, -0.2) is 0 Å². The van der Waals surface area contributed by atoms with Crippen LogP contribution in [-0.4, -0.2) is 10.2 Å². The maximum absolute atomic E-state index is 12.7. The van der Waals surface area contributed by atoms with E-state index in [1.54, 1.807) is 12.1 Å². The molecule has 4 heteroatoms. The second kappa shape index (κ2) is 17.3. The van der Waals surface area contributed by atoms with Crippen LogP contribution in [0.4, 0.5) is 0 Å². The molecule has 0 aliphatic heterocycles. The molecule has 0 radical (unpaired) electrons. The van der Waals surface area contributed by atoms with E-state index in [0.717, 1.165) is 37.7 Å². The predicted octanol–water partition coefficient (Wildman–Crippen LogP) is 17.8. The highest BCUT2D eigenvalue weighted by Crippen LogP contribution is 2.54. The van der Waals surface area contributed by atoms with Gasteiger partial charge < -0.3 is 10.2 Å². The van der Waals surface area contributed by atoms with Gasteiger partial charge >= 0.3 is 0 Å². The van der Waals surface area contributed by atoms with Gasteiger partial charge in [-0.05, 0) is 163 Å². The Labute approximate surface area is 427 Å². The molecule has 342 valence electrons. The standard InChI is InChI=1S/C34H23ClO2.C34H21Cl/c35-28-17-18-31-32(21-28)34(37,27-16-14-23-8-2-4-10-25(23)20-27)30-12-6-5-11-29(30)33(31,36)26-15-13-22-7-1-3-9-24(22)19-26;35-28-17-18-31-32(21-28)34(27-16-14-23-8-2-4-10-25(23)20-27)30-12-6-5-11-29(30)33(31)26-15-13-22-7-1-3-9-24(22)19-26/h1-21,36-37H;1-21H. The summed E-state index contributed by atoms with van der Waals surface area (Å²) in [4.78, 5) is 0. The topological polar surface area (TPSA) is 40.5 Å². The van der Waals surface area contributed by atoms with Gasteiger partial charge in [-0.2, -0.15) is 0 Å². The van der Waals surface area contributed by atoms with E-state index < -0.39 is 11.2 Å². The number of rotatable bonds is 4. The molecule has 0 fully saturated rings. The van der Waals surface area contributed by atoms with Crippen LogP contribution in [0.15, 0.2) is 255 Å². The molecule has 2 unspecified atom stereocenters. The summed E-state index contributed by atoms with van der Waals surface area (Å²) in [6.45, 7) is 0. The highest BCUT2D eigenvalue weighted by atomic mass is 35.5. The third-order valence-electron chi connectivity index (χ3n) is 14.9. The first-order valence-corrected chi connectivity index (χ1v) is 25.0. The minimum Gasteiger partial charge on any atom is -0.376 e. The van der Waals surface area contributed by atoms with Crippen LogP contribution in [0.3, 0.4) is 0 Å². The lowest BCUT2D eigenvalue weighted by molar-refractivity contribution is 0.0749. The van der Waals surface area contributed by atoms with Crippen LogP contribution in [0.1, 0.15) is 33.4 Å². The smallest absolute Gasteiger partial charge is 0.141 e. The van der Waals surface area contributed by atoms with Crippen LogP contribution in [0.2, 0.25) is 10.0 Å². The van der Waals surface area contributed by atoms with Crippen LogP contribution >= 0.6 is 23.2 Å². The van der Waals surface area contributed by atoms with E-state index in [9.17, 15) is 10.2 Å². The van der Waals surface area contributed by atoms with E-state index in [-0.39, 0.29) is 0 Å². The fourth-order valence-corrected chi connectivity index (χ4v) is 11.8. The SMILES string of the molecule is Clc1ccc2c(-c3ccc4ccccc4c3)c3ccccc3c(-c3ccc4ccccc4c3)c2c1.OC1(c2ccc3ccccc3c2)c2ccccc2C(O)(c2ccc3ccccc3c2)c2cc(Cl)ccc21.